The molecule has 6 heavy (non-hydrogen) atoms. The summed E-state index contributed by atoms with van der Waals surface area (Å²) in [6.07, 6.45) is 0. The number of rotatable bonds is 3. The van der Waals surface area contributed by atoms with Crippen molar-refractivity contribution in [2.75, 3.05) is 20.3 Å². The third-order valence-corrected chi connectivity index (χ3v) is 0.432. The quantitative estimate of drug-likeness (QED) is 0.467. The van der Waals surface area contributed by atoms with Gasteiger partial charge < -0.3 is 9.47 Å². The minimum absolute atomic E-state index is 0.580. The molecule has 0 amide bonds. The van der Waals surface area contributed by atoms with Crippen LogP contribution in [-0.4, -0.2) is 20.3 Å². The van der Waals surface area contributed by atoms with Crippen molar-refractivity contribution >= 4 is 0 Å². The molecule has 0 bridgehead atoms. The van der Waals surface area contributed by atoms with E-state index >= 15 is 0 Å². The zero-order valence-corrected chi connectivity index (χ0v) is 3.94. The first-order chi connectivity index (χ1) is 2.91. The Labute approximate surface area is 38.1 Å². The van der Waals surface area contributed by atoms with Crippen LogP contribution in [-0.2, 0) is 9.47 Å². The van der Waals surface area contributed by atoms with Crippen LogP contribution >= 0.6 is 0 Å². The molecule has 0 N–H and O–H groups in total. The molecule has 0 spiro atoms. The molecule has 1 radical (unpaired) electrons. The molecule has 0 saturated carbocycles. The van der Waals surface area contributed by atoms with Gasteiger partial charge in [0, 0.05) is 7.11 Å². The summed E-state index contributed by atoms with van der Waals surface area (Å²) in [6.45, 7) is 1.21. The Kier molecular flexibility index (Phi) is 4.85. The summed E-state index contributed by atoms with van der Waals surface area (Å²) in [5.41, 5.74) is 0. The summed E-state index contributed by atoms with van der Waals surface area (Å²) in [5, 5.41) is 0. The number of hydrogen-bond donors (Lipinski definition) is 0. The highest BCUT2D eigenvalue weighted by Gasteiger charge is 1.73. The third kappa shape index (κ3) is 3.92. The average molecular weight is 89.1 g/mol. The number of hydrogen-bond acceptors (Lipinski definition) is 2. The normalized spacial score (nSPS) is 9.00. The lowest BCUT2D eigenvalue weighted by Crippen LogP contribution is -1.95. The summed E-state index contributed by atoms with van der Waals surface area (Å²) in [7, 11) is 4.77. The molecule has 0 aromatic heterocycles. The lowest BCUT2D eigenvalue weighted by Gasteiger charge is -1.91. The SMILES string of the molecule is [CH2]OCCOC. The summed E-state index contributed by atoms with van der Waals surface area (Å²) < 4.78 is 9.02. The molecule has 0 aliphatic heterocycles. The first kappa shape index (κ1) is 5.92. The molecule has 0 aromatic rings. The van der Waals surface area contributed by atoms with Crippen LogP contribution in [0.1, 0.15) is 0 Å². The van der Waals surface area contributed by atoms with E-state index < -0.39 is 0 Å². The molecule has 37 valence electrons. The van der Waals surface area contributed by atoms with E-state index in [0.29, 0.717) is 13.2 Å². The molecule has 0 rings (SSSR count). The van der Waals surface area contributed by atoms with Gasteiger partial charge >= 0.3 is 0 Å². The molecule has 2 nitrogen and oxygen atoms in total. The van der Waals surface area contributed by atoms with E-state index in [4.69, 9.17) is 0 Å². The highest BCUT2D eigenvalue weighted by atomic mass is 16.5. The Balaban J connectivity index is 2.34. The Morgan fingerprint density at radius 3 is 2.33 bits per heavy atom. The van der Waals surface area contributed by atoms with Crippen LogP contribution in [0.4, 0.5) is 0 Å². The molecule has 0 fully saturated rings. The molecular weight excluding hydrogens is 80.0 g/mol. The van der Waals surface area contributed by atoms with E-state index in [9.17, 15) is 0 Å². The summed E-state index contributed by atoms with van der Waals surface area (Å²) in [4.78, 5) is 0. The molecule has 0 aromatic carbocycles. The Hall–Kier alpha value is -0.0800. The minimum Gasteiger partial charge on any atom is -0.382 e. The maximum Gasteiger partial charge on any atom is 0.0701 e. The molecular formula is C4H9O2. The molecule has 2 heteroatoms. The molecule has 0 aliphatic carbocycles. The number of ether oxygens (including phenoxy) is 2. The van der Waals surface area contributed by atoms with Crippen molar-refractivity contribution in [3.8, 4) is 0 Å². The van der Waals surface area contributed by atoms with Gasteiger partial charge in [0.05, 0.1) is 20.3 Å². The van der Waals surface area contributed by atoms with E-state index in [2.05, 4.69) is 16.6 Å². The third-order valence-electron chi connectivity index (χ3n) is 0.432. The van der Waals surface area contributed by atoms with Gasteiger partial charge in [-0.05, 0) is 0 Å². The van der Waals surface area contributed by atoms with Crippen LogP contribution in [0.3, 0.4) is 0 Å². The van der Waals surface area contributed by atoms with Crippen molar-refractivity contribution in [2.24, 2.45) is 0 Å². The van der Waals surface area contributed by atoms with Crippen molar-refractivity contribution in [1.29, 1.82) is 0 Å². The molecule has 0 atom stereocenters. The van der Waals surface area contributed by atoms with Crippen molar-refractivity contribution in [1.82, 2.24) is 0 Å². The predicted octanol–water partition coefficient (Wildman–Crippen LogP) is 0.441. The van der Waals surface area contributed by atoms with Crippen molar-refractivity contribution < 1.29 is 9.47 Å². The predicted molar refractivity (Wildman–Crippen MR) is 23.2 cm³/mol. The topological polar surface area (TPSA) is 18.5 Å². The van der Waals surface area contributed by atoms with E-state index in [-0.39, 0.29) is 0 Å². The van der Waals surface area contributed by atoms with Gasteiger partial charge in [-0.25, -0.2) is 0 Å². The minimum atomic E-state index is 0.580. The van der Waals surface area contributed by atoms with Gasteiger partial charge in [-0.1, -0.05) is 0 Å². The van der Waals surface area contributed by atoms with E-state index in [0.717, 1.165) is 0 Å². The van der Waals surface area contributed by atoms with Crippen LogP contribution < -0.4 is 0 Å². The molecule has 0 unspecified atom stereocenters. The molecule has 0 heterocycles. The van der Waals surface area contributed by atoms with Crippen LogP contribution in [0.5, 0.6) is 0 Å². The van der Waals surface area contributed by atoms with Gasteiger partial charge in [-0.2, -0.15) is 0 Å². The monoisotopic (exact) mass is 89.1 g/mol. The van der Waals surface area contributed by atoms with Crippen LogP contribution in [0, 0.1) is 7.11 Å². The highest BCUT2D eigenvalue weighted by Crippen LogP contribution is 1.67. The smallest absolute Gasteiger partial charge is 0.0701 e. The first-order valence-electron chi connectivity index (χ1n) is 1.77. The molecule has 0 saturated heterocycles. The lowest BCUT2D eigenvalue weighted by molar-refractivity contribution is 0.121. The second-order valence-electron chi connectivity index (χ2n) is 0.901. The second-order valence-corrected chi connectivity index (χ2v) is 0.901. The summed E-state index contributed by atoms with van der Waals surface area (Å²) >= 11 is 0. The van der Waals surface area contributed by atoms with Crippen molar-refractivity contribution in [3.05, 3.63) is 7.11 Å². The Morgan fingerprint density at radius 2 is 2.17 bits per heavy atom. The van der Waals surface area contributed by atoms with Gasteiger partial charge in [-0.15, -0.1) is 0 Å². The second kappa shape index (κ2) is 4.92. The fraction of sp³-hybridized carbons (Fsp3) is 0.750. The summed E-state index contributed by atoms with van der Waals surface area (Å²) in [6, 6.07) is 0. The van der Waals surface area contributed by atoms with Crippen molar-refractivity contribution in [2.45, 2.75) is 0 Å². The largest absolute Gasteiger partial charge is 0.382 e. The zero-order valence-electron chi connectivity index (χ0n) is 3.94. The Bertz CT molecular complexity index is 17.5. The van der Waals surface area contributed by atoms with E-state index in [1.54, 1.807) is 7.11 Å². The van der Waals surface area contributed by atoms with E-state index in [1.165, 1.54) is 0 Å². The average Bonchev–Trinajstić information content (AvgIpc) is 1.61. The standard InChI is InChI=1S/C4H9O2/c1-5-3-4-6-2/h1,3-4H2,2H3. The highest BCUT2D eigenvalue weighted by molar-refractivity contribution is 4.20. The van der Waals surface area contributed by atoms with Gasteiger partial charge in [0.1, 0.15) is 0 Å². The fourth-order valence-corrected chi connectivity index (χ4v) is 0.142. The Morgan fingerprint density at radius 1 is 1.50 bits per heavy atom. The first-order valence-corrected chi connectivity index (χ1v) is 1.77. The van der Waals surface area contributed by atoms with Gasteiger partial charge in [0.2, 0.25) is 0 Å². The fourth-order valence-electron chi connectivity index (χ4n) is 0.142. The lowest BCUT2D eigenvalue weighted by atomic mass is 10.8. The van der Waals surface area contributed by atoms with Crippen LogP contribution in [0.15, 0.2) is 0 Å². The van der Waals surface area contributed by atoms with Crippen LogP contribution in [0.2, 0.25) is 0 Å². The maximum atomic E-state index is 4.62. The zero-order chi connectivity index (χ0) is 4.83. The van der Waals surface area contributed by atoms with Gasteiger partial charge in [0.25, 0.3) is 0 Å². The molecule has 0 aliphatic rings. The summed E-state index contributed by atoms with van der Waals surface area (Å²) in [5.74, 6) is 0. The van der Waals surface area contributed by atoms with E-state index in [1.807, 2.05) is 0 Å². The number of methoxy groups -OCH3 is 1. The van der Waals surface area contributed by atoms with Crippen molar-refractivity contribution in [3.63, 3.8) is 0 Å². The van der Waals surface area contributed by atoms with Crippen LogP contribution in [0.25, 0.3) is 0 Å². The maximum absolute atomic E-state index is 4.62. The van der Waals surface area contributed by atoms with Gasteiger partial charge in [0.15, 0.2) is 0 Å². The van der Waals surface area contributed by atoms with Gasteiger partial charge in [-0.3, -0.25) is 0 Å².